The Bertz CT molecular complexity index is 2670. The van der Waals surface area contributed by atoms with E-state index in [1.165, 1.54) is 45.7 Å². The van der Waals surface area contributed by atoms with Crippen LogP contribution in [-0.4, -0.2) is 192 Å². The third-order valence-corrected chi connectivity index (χ3v) is 14.6. The summed E-state index contributed by atoms with van der Waals surface area (Å²) in [6, 6.07) is 9.44. The standard InChI is InChI=1S/C43H63N7O11.C20H36N2O6/c1-27-25-59-35(53)24-47-34(52)19-20-43(58,26-45-21-12-22-46-41(57)61-42(4,5)6)29(3)60-32-17-15-31(16-18-32)37(44-7)40(56)50(8)33(23-30-13-10-9-11-14-30)38(54)49-36(28(2)51)39(55)48-27;1-9-11(4)16(13(6)23)21-20(27)17(14(7)28-15(8)24)22-19(26)12(5)18(25)10(2)3/h9-11,13-20,27-29,33,36-37,44-45,51,58H,12,21-26H2,1-8H3,(H,46,57)(H,47,52)(H,48,55)(H,49,54);10-12,14,16-18,25H,9H2,1-8H3,(H,21,27)(H,22,26)/b20-19+;/t27-,28-,29-,33+,36-,37+,43+;11-,12+,14+,16+,17-,18+/m10/s1. The number of likely N-dealkylation sites (N-methyl/N-ethyl adjacent to an activating group) is 2. The van der Waals surface area contributed by atoms with E-state index in [4.69, 9.17) is 18.9 Å². The molecule has 0 spiro atoms. The Morgan fingerprint density at radius 1 is 0.843 bits per heavy atom. The first kappa shape index (κ1) is 77.6. The first-order valence-corrected chi connectivity index (χ1v) is 30.1. The number of esters is 2. The highest BCUT2D eigenvalue weighted by atomic mass is 16.6. The Hall–Kier alpha value is -7.52. The predicted molar refractivity (Wildman–Crippen MR) is 331 cm³/mol. The molecule has 2 aromatic carbocycles. The summed E-state index contributed by atoms with van der Waals surface area (Å²) in [5.74, 6) is -6.08. The van der Waals surface area contributed by atoms with Gasteiger partial charge in [-0.1, -0.05) is 83.5 Å². The number of ether oxygens (including phenoxy) is 4. The minimum Gasteiger partial charge on any atom is -0.487 e. The Balaban J connectivity index is 0.000000808. The fourth-order valence-corrected chi connectivity index (χ4v) is 9.03. The number of rotatable bonds is 21. The van der Waals surface area contributed by atoms with E-state index in [0.717, 1.165) is 11.6 Å². The molecular formula is C63H99N9O17. The highest BCUT2D eigenvalue weighted by Gasteiger charge is 2.38. The number of fused-ring (bicyclic) bond motifs is 21. The van der Waals surface area contributed by atoms with Gasteiger partial charge in [0.25, 0.3) is 0 Å². The first-order chi connectivity index (χ1) is 41.5. The van der Waals surface area contributed by atoms with Crippen LogP contribution in [0.1, 0.15) is 127 Å². The van der Waals surface area contributed by atoms with Crippen molar-refractivity contribution < 1.29 is 82.2 Å². The van der Waals surface area contributed by atoms with E-state index in [1.807, 2.05) is 32.0 Å². The van der Waals surface area contributed by atoms with Gasteiger partial charge in [0.15, 0.2) is 5.78 Å². The number of aliphatic hydroxyl groups excluding tert-OH is 2. The zero-order valence-electron chi connectivity index (χ0n) is 54.5. The average molecular weight is 1250 g/mol. The summed E-state index contributed by atoms with van der Waals surface area (Å²) in [7, 11) is 3.08. The number of nitrogens with zero attached hydrogens (tertiary/aromatic N) is 1. The number of aliphatic hydroxyl groups is 3. The third kappa shape index (κ3) is 27.0. The summed E-state index contributed by atoms with van der Waals surface area (Å²) in [6.07, 6.45) is -1.12. The Morgan fingerprint density at radius 3 is 2.01 bits per heavy atom. The van der Waals surface area contributed by atoms with Crippen LogP contribution >= 0.6 is 0 Å². The number of amides is 7. The molecule has 13 atom stereocenters. The van der Waals surface area contributed by atoms with Gasteiger partial charge in [-0.25, -0.2) is 4.79 Å². The summed E-state index contributed by atoms with van der Waals surface area (Å²) in [6.45, 7) is 22.5. The largest absolute Gasteiger partial charge is 0.487 e. The van der Waals surface area contributed by atoms with Gasteiger partial charge in [-0.2, -0.15) is 0 Å². The molecule has 2 aliphatic rings. The molecule has 498 valence electrons. The van der Waals surface area contributed by atoms with Gasteiger partial charge < -0.3 is 81.7 Å². The molecule has 26 nitrogen and oxygen atoms in total. The van der Waals surface area contributed by atoms with Crippen molar-refractivity contribution in [3.05, 3.63) is 77.9 Å². The number of hydrogen-bond acceptors (Lipinski definition) is 19. The van der Waals surface area contributed by atoms with Crippen LogP contribution in [0, 0.1) is 17.8 Å². The molecule has 2 aliphatic heterocycles. The molecule has 7 amide bonds. The van der Waals surface area contributed by atoms with E-state index in [9.17, 15) is 63.3 Å². The highest BCUT2D eigenvalue weighted by Crippen LogP contribution is 2.25. The van der Waals surface area contributed by atoms with Gasteiger partial charge in [0.2, 0.25) is 35.4 Å². The number of nitrogens with one attached hydrogen (secondary N) is 8. The molecule has 0 fully saturated rings. The molecule has 11 N–H and O–H groups in total. The Kier molecular flexibility index (Phi) is 32.7. The summed E-state index contributed by atoms with van der Waals surface area (Å²) < 4.78 is 21.7. The van der Waals surface area contributed by atoms with Crippen molar-refractivity contribution in [2.75, 3.05) is 46.9 Å². The van der Waals surface area contributed by atoms with Crippen LogP contribution in [0.4, 0.5) is 4.79 Å². The Labute approximate surface area is 523 Å². The van der Waals surface area contributed by atoms with Crippen LogP contribution in [0.25, 0.3) is 0 Å². The number of hydrogen-bond donors (Lipinski definition) is 11. The van der Waals surface area contributed by atoms with Gasteiger partial charge in [0.1, 0.15) is 66.5 Å². The normalized spacial score (nSPS) is 22.7. The van der Waals surface area contributed by atoms with Gasteiger partial charge in [0.05, 0.1) is 30.2 Å². The van der Waals surface area contributed by atoms with E-state index >= 15 is 0 Å². The number of carbonyl (C=O) groups is 10. The second-order valence-electron chi connectivity index (χ2n) is 23.8. The number of Topliss-reactive ketones (excluding diaryl/α,β-unsaturated/α-hetero) is 1. The van der Waals surface area contributed by atoms with Crippen LogP contribution in [0.5, 0.6) is 5.75 Å². The van der Waals surface area contributed by atoms with Gasteiger partial charge >= 0.3 is 18.0 Å². The lowest BCUT2D eigenvalue weighted by Gasteiger charge is -2.33. The van der Waals surface area contributed by atoms with Crippen LogP contribution in [0.2, 0.25) is 0 Å². The van der Waals surface area contributed by atoms with Crippen molar-refractivity contribution >= 4 is 59.3 Å². The van der Waals surface area contributed by atoms with Crippen molar-refractivity contribution in [1.29, 1.82) is 0 Å². The molecule has 2 aromatic rings. The van der Waals surface area contributed by atoms with Crippen molar-refractivity contribution in [3.63, 3.8) is 0 Å². The minimum absolute atomic E-state index is 0.0789. The summed E-state index contributed by atoms with van der Waals surface area (Å²) in [5, 5.41) is 54.3. The quantitative estimate of drug-likeness (QED) is 0.0367. The maximum absolute atomic E-state index is 14.2. The zero-order valence-corrected chi connectivity index (χ0v) is 54.5. The SMILES string of the molecule is CC[C@H](C)[C@@H](NC(=O)[C@@H](NC(=O)[C@H](C)[C@H](O)C(C)C)[C@@H](C)OC(C)=O)C(C)=O.CN[C@@H]1C(=O)N(C)[C@@H](Cc2ccccc2)C(=O)N[C@H]([C@@H](C)O)C(=O)N[C@H](C)COC(=O)CNC(=O)/C=C/[C@](O)(CNCCCNC(=O)OC(C)(C)C)[C@@H](C)Oc2ccc1cc2. The van der Waals surface area contributed by atoms with E-state index in [-0.39, 0.29) is 37.2 Å². The molecule has 4 rings (SSSR count). The maximum Gasteiger partial charge on any atom is 0.407 e. The summed E-state index contributed by atoms with van der Waals surface area (Å²) >= 11 is 0. The monoisotopic (exact) mass is 1250 g/mol. The second-order valence-corrected chi connectivity index (χ2v) is 23.8. The first-order valence-electron chi connectivity index (χ1n) is 30.1. The molecule has 26 heteroatoms. The molecular weight excluding hydrogens is 1150 g/mol. The van der Waals surface area contributed by atoms with Gasteiger partial charge in [-0.05, 0) is 117 Å². The minimum atomic E-state index is -1.78. The molecule has 0 radical (unpaired) electrons. The third-order valence-electron chi connectivity index (χ3n) is 14.6. The van der Waals surface area contributed by atoms with Crippen molar-refractivity contribution in [3.8, 4) is 5.75 Å². The van der Waals surface area contributed by atoms with Gasteiger partial charge in [-0.3, -0.25) is 43.2 Å². The topological polar surface area (TPSA) is 368 Å². The van der Waals surface area contributed by atoms with Crippen LogP contribution in [0.15, 0.2) is 66.7 Å². The maximum atomic E-state index is 14.2. The summed E-state index contributed by atoms with van der Waals surface area (Å²) in [5.41, 5.74) is -1.15. The molecule has 0 aliphatic carbocycles. The average Bonchev–Trinajstić information content (AvgIpc) is 2.34. The number of alkyl carbamates (subject to hydrolysis) is 1. The lowest BCUT2D eigenvalue weighted by molar-refractivity contribution is -0.151. The number of ketones is 1. The fraction of sp³-hybridized carbons (Fsp3) is 0.619. The zero-order chi connectivity index (χ0) is 67.5. The highest BCUT2D eigenvalue weighted by molar-refractivity contribution is 5.95. The van der Waals surface area contributed by atoms with Crippen molar-refractivity contribution in [2.45, 2.75) is 188 Å². The molecule has 2 heterocycles. The number of benzene rings is 2. The van der Waals surface area contributed by atoms with E-state index in [0.29, 0.717) is 37.2 Å². The van der Waals surface area contributed by atoms with Crippen molar-refractivity contribution in [1.82, 2.24) is 47.4 Å². The molecule has 0 saturated carbocycles. The fourth-order valence-electron chi connectivity index (χ4n) is 9.03. The smallest absolute Gasteiger partial charge is 0.407 e. The second kappa shape index (κ2) is 37.5. The number of carbonyl (C=O) groups excluding carboxylic acids is 10. The summed E-state index contributed by atoms with van der Waals surface area (Å²) in [4.78, 5) is 129. The van der Waals surface area contributed by atoms with Gasteiger partial charge in [0, 0.05) is 39.6 Å². The van der Waals surface area contributed by atoms with Crippen LogP contribution in [0.3, 0.4) is 0 Å². The van der Waals surface area contributed by atoms with Crippen molar-refractivity contribution in [2.24, 2.45) is 17.8 Å². The lowest BCUT2D eigenvalue weighted by Crippen LogP contribution is -2.59. The lowest BCUT2D eigenvalue weighted by atomic mass is 9.93. The Morgan fingerprint density at radius 2 is 1.46 bits per heavy atom. The van der Waals surface area contributed by atoms with E-state index in [2.05, 4.69) is 42.5 Å². The molecule has 0 unspecified atom stereocenters. The predicted octanol–water partition coefficient (Wildman–Crippen LogP) is 1.81. The van der Waals surface area contributed by atoms with E-state index in [1.54, 1.807) is 98.8 Å². The van der Waals surface area contributed by atoms with Gasteiger partial charge in [-0.15, -0.1) is 0 Å². The molecule has 2 bridgehead atoms. The molecule has 0 saturated heterocycles. The molecule has 0 aromatic heterocycles. The molecule has 89 heavy (non-hydrogen) atoms. The van der Waals surface area contributed by atoms with Crippen LogP contribution < -0.4 is 47.3 Å². The van der Waals surface area contributed by atoms with Crippen LogP contribution in [-0.2, 0) is 63.8 Å². The van der Waals surface area contributed by atoms with E-state index < -0.39 is 138 Å².